The molecule has 1 heterocycles. The number of hydrogen-bond donors (Lipinski definition) is 0. The molecule has 0 aromatic heterocycles. The number of hydrogen-bond acceptors (Lipinski definition) is 5. The van der Waals surface area contributed by atoms with Gasteiger partial charge in [-0.2, -0.15) is 0 Å². The van der Waals surface area contributed by atoms with Gasteiger partial charge in [-0.15, -0.1) is 0 Å². The van der Waals surface area contributed by atoms with Crippen LogP contribution in [0.1, 0.15) is 40.1 Å². The van der Waals surface area contributed by atoms with Crippen LogP contribution in [0.5, 0.6) is 0 Å². The van der Waals surface area contributed by atoms with Crippen molar-refractivity contribution in [3.05, 3.63) is 71.5 Å². The van der Waals surface area contributed by atoms with E-state index in [1.807, 2.05) is 6.92 Å². The zero-order valence-electron chi connectivity index (χ0n) is 15.1. The predicted octanol–water partition coefficient (Wildman–Crippen LogP) is 3.43. The number of carbonyl (C=O) groups excluding carboxylic acids is 3. The monoisotopic (exact) mass is 365 g/mol. The van der Waals surface area contributed by atoms with Gasteiger partial charge in [-0.1, -0.05) is 18.2 Å². The molecule has 0 aliphatic carbocycles. The van der Waals surface area contributed by atoms with Gasteiger partial charge in [0.05, 0.1) is 36.3 Å². The summed E-state index contributed by atoms with van der Waals surface area (Å²) < 4.78 is 10.3. The highest BCUT2D eigenvalue weighted by Crippen LogP contribution is 2.32. The molecule has 2 aromatic rings. The molecular weight excluding hydrogens is 346 g/mol. The summed E-state index contributed by atoms with van der Waals surface area (Å²) in [6.07, 6.45) is 1.38. The zero-order valence-corrected chi connectivity index (χ0v) is 15.1. The smallest absolute Gasteiger partial charge is 0.338 e. The molecule has 0 radical (unpaired) electrons. The first-order valence-corrected chi connectivity index (χ1v) is 8.65. The fourth-order valence-electron chi connectivity index (χ4n) is 2.83. The molecule has 3 rings (SSSR count). The number of benzene rings is 2. The van der Waals surface area contributed by atoms with Crippen LogP contribution < -0.4 is 4.90 Å². The SMILES string of the molecule is CCOC=C1C(=O)N(c2ccc(C(=O)OCC)cc2)C(=O)c2ccccc21. The third kappa shape index (κ3) is 3.46. The number of amides is 2. The summed E-state index contributed by atoms with van der Waals surface area (Å²) in [4.78, 5) is 38.8. The van der Waals surface area contributed by atoms with Crippen LogP contribution in [-0.4, -0.2) is 31.0 Å². The second-order valence-corrected chi connectivity index (χ2v) is 5.75. The predicted molar refractivity (Wildman–Crippen MR) is 100 cm³/mol. The number of anilines is 1. The Balaban J connectivity index is 2.02. The molecule has 6 nitrogen and oxygen atoms in total. The first-order chi connectivity index (χ1) is 13.1. The fourth-order valence-corrected chi connectivity index (χ4v) is 2.83. The summed E-state index contributed by atoms with van der Waals surface area (Å²) in [6.45, 7) is 4.21. The lowest BCUT2D eigenvalue weighted by atomic mass is 9.94. The molecule has 1 aliphatic rings. The van der Waals surface area contributed by atoms with E-state index in [1.165, 1.54) is 18.4 Å². The van der Waals surface area contributed by atoms with Gasteiger partial charge in [0.15, 0.2) is 0 Å². The molecule has 2 amide bonds. The zero-order chi connectivity index (χ0) is 19.4. The molecule has 27 heavy (non-hydrogen) atoms. The lowest BCUT2D eigenvalue weighted by Gasteiger charge is -2.28. The van der Waals surface area contributed by atoms with Gasteiger partial charge in [0, 0.05) is 11.1 Å². The first-order valence-electron chi connectivity index (χ1n) is 8.65. The average Bonchev–Trinajstić information content (AvgIpc) is 2.69. The van der Waals surface area contributed by atoms with Crippen molar-refractivity contribution < 1.29 is 23.9 Å². The Morgan fingerprint density at radius 3 is 2.22 bits per heavy atom. The Kier molecular flexibility index (Phi) is 5.35. The molecule has 138 valence electrons. The summed E-state index contributed by atoms with van der Waals surface area (Å²) in [5.41, 5.74) is 1.98. The number of nitrogens with zero attached hydrogens (tertiary/aromatic N) is 1. The van der Waals surface area contributed by atoms with Crippen molar-refractivity contribution in [3.8, 4) is 0 Å². The molecule has 2 aromatic carbocycles. The minimum atomic E-state index is -0.476. The van der Waals surface area contributed by atoms with Crippen LogP contribution in [0.4, 0.5) is 5.69 Å². The Bertz CT molecular complexity index is 914. The van der Waals surface area contributed by atoms with Crippen molar-refractivity contribution in [2.75, 3.05) is 18.1 Å². The van der Waals surface area contributed by atoms with Crippen molar-refractivity contribution >= 4 is 29.0 Å². The first kappa shape index (κ1) is 18.4. The maximum atomic E-state index is 13.0. The van der Waals surface area contributed by atoms with Gasteiger partial charge in [0.2, 0.25) is 0 Å². The molecule has 0 bridgehead atoms. The van der Waals surface area contributed by atoms with E-state index in [1.54, 1.807) is 43.3 Å². The lowest BCUT2D eigenvalue weighted by molar-refractivity contribution is -0.113. The van der Waals surface area contributed by atoms with Gasteiger partial charge in [0.1, 0.15) is 0 Å². The number of carbonyl (C=O) groups is 3. The number of fused-ring (bicyclic) bond motifs is 1. The third-order valence-electron chi connectivity index (χ3n) is 4.09. The van der Waals surface area contributed by atoms with Crippen LogP contribution >= 0.6 is 0 Å². The van der Waals surface area contributed by atoms with Crippen molar-refractivity contribution in [1.29, 1.82) is 0 Å². The van der Waals surface area contributed by atoms with Gasteiger partial charge < -0.3 is 9.47 Å². The normalized spacial score (nSPS) is 14.9. The van der Waals surface area contributed by atoms with Gasteiger partial charge in [0.25, 0.3) is 11.8 Å². The van der Waals surface area contributed by atoms with Crippen LogP contribution in [0.25, 0.3) is 5.57 Å². The number of rotatable bonds is 5. The summed E-state index contributed by atoms with van der Waals surface area (Å²) in [5.74, 6) is -1.35. The Morgan fingerprint density at radius 1 is 0.926 bits per heavy atom. The Labute approximate surface area is 157 Å². The van der Waals surface area contributed by atoms with Crippen LogP contribution in [0.2, 0.25) is 0 Å². The van der Waals surface area contributed by atoms with Crippen molar-refractivity contribution in [2.45, 2.75) is 13.8 Å². The molecule has 0 saturated carbocycles. The van der Waals surface area contributed by atoms with Gasteiger partial charge >= 0.3 is 5.97 Å². The van der Waals surface area contributed by atoms with E-state index >= 15 is 0 Å². The van der Waals surface area contributed by atoms with E-state index in [-0.39, 0.29) is 6.61 Å². The van der Waals surface area contributed by atoms with Crippen LogP contribution in [0.3, 0.4) is 0 Å². The third-order valence-corrected chi connectivity index (χ3v) is 4.09. The summed E-state index contributed by atoms with van der Waals surface area (Å²) >= 11 is 0. The molecular formula is C21H19NO5. The molecule has 0 N–H and O–H groups in total. The average molecular weight is 365 g/mol. The van der Waals surface area contributed by atoms with E-state index in [0.29, 0.717) is 34.6 Å². The van der Waals surface area contributed by atoms with E-state index in [4.69, 9.17) is 9.47 Å². The Morgan fingerprint density at radius 2 is 1.59 bits per heavy atom. The molecule has 6 heteroatoms. The largest absolute Gasteiger partial charge is 0.501 e. The lowest BCUT2D eigenvalue weighted by Crippen LogP contribution is -2.41. The van der Waals surface area contributed by atoms with Crippen molar-refractivity contribution in [3.63, 3.8) is 0 Å². The molecule has 0 unspecified atom stereocenters. The minimum Gasteiger partial charge on any atom is -0.501 e. The summed E-state index contributed by atoms with van der Waals surface area (Å²) in [5, 5.41) is 0. The van der Waals surface area contributed by atoms with E-state index in [0.717, 1.165) is 4.90 Å². The van der Waals surface area contributed by atoms with Gasteiger partial charge in [-0.3, -0.25) is 9.59 Å². The van der Waals surface area contributed by atoms with E-state index in [2.05, 4.69) is 0 Å². The summed E-state index contributed by atoms with van der Waals surface area (Å²) in [6, 6.07) is 13.1. The highest BCUT2D eigenvalue weighted by Gasteiger charge is 2.36. The number of imide groups is 1. The van der Waals surface area contributed by atoms with Crippen LogP contribution in [0, 0.1) is 0 Å². The fraction of sp³-hybridized carbons (Fsp3) is 0.190. The van der Waals surface area contributed by atoms with E-state index < -0.39 is 17.8 Å². The van der Waals surface area contributed by atoms with Crippen LogP contribution in [-0.2, 0) is 14.3 Å². The molecule has 0 atom stereocenters. The number of ether oxygens (including phenoxy) is 2. The topological polar surface area (TPSA) is 72.9 Å². The molecule has 0 fully saturated rings. The van der Waals surface area contributed by atoms with Gasteiger partial charge in [-0.25, -0.2) is 9.69 Å². The highest BCUT2D eigenvalue weighted by atomic mass is 16.5. The summed E-state index contributed by atoms with van der Waals surface area (Å²) in [7, 11) is 0. The Hall–Kier alpha value is -3.41. The molecule has 0 spiro atoms. The molecule has 0 saturated heterocycles. The van der Waals surface area contributed by atoms with Crippen LogP contribution in [0.15, 0.2) is 54.8 Å². The minimum absolute atomic E-state index is 0.270. The van der Waals surface area contributed by atoms with Gasteiger partial charge in [-0.05, 0) is 44.2 Å². The quantitative estimate of drug-likeness (QED) is 0.351. The van der Waals surface area contributed by atoms with Crippen molar-refractivity contribution in [1.82, 2.24) is 0 Å². The maximum Gasteiger partial charge on any atom is 0.338 e. The maximum absolute atomic E-state index is 13.0. The van der Waals surface area contributed by atoms with Crippen molar-refractivity contribution in [2.24, 2.45) is 0 Å². The molecule has 1 aliphatic heterocycles. The van der Waals surface area contributed by atoms with E-state index in [9.17, 15) is 14.4 Å². The highest BCUT2D eigenvalue weighted by molar-refractivity contribution is 6.40. The second kappa shape index (κ2) is 7.86. The standard InChI is InChI=1S/C21H19NO5/c1-3-26-13-18-16-7-5-6-8-17(16)19(23)22(20(18)24)15-11-9-14(10-12-15)21(25)27-4-2/h5-13H,3-4H2,1-2H3. The number of esters is 1. The second-order valence-electron chi connectivity index (χ2n) is 5.75.